The Bertz CT molecular complexity index is 1030. The number of thiophene rings is 1. The number of carbonyl (C=O) groups excluding carboxylic acids is 1. The van der Waals surface area contributed by atoms with Crippen molar-refractivity contribution in [3.05, 3.63) is 70.3 Å². The first kappa shape index (κ1) is 21.0. The van der Waals surface area contributed by atoms with Crippen LogP contribution in [0.2, 0.25) is 5.02 Å². The Balaban J connectivity index is 1.29. The Hall–Kier alpha value is -2.21. The third-order valence-electron chi connectivity index (χ3n) is 5.80. The van der Waals surface area contributed by atoms with Crippen LogP contribution in [0.15, 0.2) is 54.7 Å². The molecule has 1 amide bonds. The minimum atomic E-state index is 0.0375. The van der Waals surface area contributed by atoms with Crippen molar-refractivity contribution in [1.29, 1.82) is 0 Å². The lowest BCUT2D eigenvalue weighted by atomic mass is 10.0. The lowest BCUT2D eigenvalue weighted by Crippen LogP contribution is -2.45. The summed E-state index contributed by atoms with van der Waals surface area (Å²) in [6.45, 7) is 3.05. The maximum atomic E-state index is 12.7. The van der Waals surface area contributed by atoms with E-state index in [9.17, 15) is 4.79 Å². The fourth-order valence-corrected chi connectivity index (χ4v) is 5.33. The number of carbonyl (C=O) groups is 1. The van der Waals surface area contributed by atoms with Gasteiger partial charge in [0.15, 0.2) is 0 Å². The molecule has 1 aromatic carbocycles. The molecular weight excluding hydrogens is 414 g/mol. The molecule has 0 unspecified atom stereocenters. The second-order valence-electron chi connectivity index (χ2n) is 7.70. The molecule has 4 nitrogen and oxygen atoms in total. The number of hydrogen-bond acceptors (Lipinski definition) is 4. The molecule has 0 N–H and O–H groups in total. The zero-order valence-electron chi connectivity index (χ0n) is 17.1. The number of hydrogen-bond donors (Lipinski definition) is 0. The van der Waals surface area contributed by atoms with Gasteiger partial charge in [-0.25, -0.2) is 0 Å². The Morgan fingerprint density at radius 1 is 1.23 bits per heavy atom. The Morgan fingerprint density at radius 3 is 2.73 bits per heavy atom. The smallest absolute Gasteiger partial charge is 0.246 e. The fraction of sp³-hybridized carbons (Fsp3) is 0.333. The van der Waals surface area contributed by atoms with Gasteiger partial charge in [0.1, 0.15) is 0 Å². The van der Waals surface area contributed by atoms with Gasteiger partial charge in [0.2, 0.25) is 5.91 Å². The van der Waals surface area contributed by atoms with Crippen molar-refractivity contribution in [2.24, 2.45) is 0 Å². The van der Waals surface area contributed by atoms with Gasteiger partial charge in [-0.3, -0.25) is 9.78 Å². The largest absolute Gasteiger partial charge is 0.339 e. The Kier molecular flexibility index (Phi) is 6.82. The van der Waals surface area contributed by atoms with Crippen molar-refractivity contribution in [2.75, 3.05) is 26.7 Å². The summed E-state index contributed by atoms with van der Waals surface area (Å²) in [5, 5.41) is 1.77. The second-order valence-corrected chi connectivity index (χ2v) is 9.16. The maximum Gasteiger partial charge on any atom is 0.246 e. The molecule has 30 heavy (non-hydrogen) atoms. The molecule has 1 saturated heterocycles. The van der Waals surface area contributed by atoms with Crippen molar-refractivity contribution in [2.45, 2.75) is 25.3 Å². The highest BCUT2D eigenvalue weighted by atomic mass is 35.5. The summed E-state index contributed by atoms with van der Waals surface area (Å²) in [5.74, 6) is 0.0375. The number of benzene rings is 1. The van der Waals surface area contributed by atoms with Crippen LogP contribution in [0.4, 0.5) is 0 Å². The van der Waals surface area contributed by atoms with Crippen molar-refractivity contribution in [3.63, 3.8) is 0 Å². The van der Waals surface area contributed by atoms with Gasteiger partial charge in [0, 0.05) is 72.1 Å². The lowest BCUT2D eigenvalue weighted by Gasteiger charge is -2.36. The summed E-state index contributed by atoms with van der Waals surface area (Å²) in [4.78, 5) is 22.4. The van der Waals surface area contributed by atoms with Crippen LogP contribution in [0, 0.1) is 0 Å². The first-order valence-electron chi connectivity index (χ1n) is 10.4. The molecule has 0 aliphatic carbocycles. The normalized spacial score (nSPS) is 15.8. The van der Waals surface area contributed by atoms with Crippen LogP contribution < -0.4 is 0 Å². The molecule has 6 heteroatoms. The van der Waals surface area contributed by atoms with Gasteiger partial charge in [-0.1, -0.05) is 35.9 Å². The van der Waals surface area contributed by atoms with E-state index in [2.05, 4.69) is 22.0 Å². The van der Waals surface area contributed by atoms with Gasteiger partial charge in [-0.15, -0.1) is 11.3 Å². The summed E-state index contributed by atoms with van der Waals surface area (Å²) in [6, 6.07) is 14.4. The number of piperidine rings is 1. The molecule has 0 atom stereocenters. The van der Waals surface area contributed by atoms with E-state index in [-0.39, 0.29) is 11.9 Å². The van der Waals surface area contributed by atoms with Gasteiger partial charge < -0.3 is 9.80 Å². The molecule has 1 aliphatic rings. The predicted octanol–water partition coefficient (Wildman–Crippen LogP) is 5.13. The first-order valence-corrected chi connectivity index (χ1v) is 11.6. The van der Waals surface area contributed by atoms with Crippen LogP contribution in [0.3, 0.4) is 0 Å². The van der Waals surface area contributed by atoms with Gasteiger partial charge in [0.25, 0.3) is 0 Å². The van der Waals surface area contributed by atoms with E-state index in [1.54, 1.807) is 17.4 Å². The van der Waals surface area contributed by atoms with E-state index in [0.717, 1.165) is 64.6 Å². The molecule has 0 spiro atoms. The molecule has 0 radical (unpaired) electrons. The number of fused-ring (bicyclic) bond motifs is 1. The molecule has 2 aromatic heterocycles. The van der Waals surface area contributed by atoms with Crippen LogP contribution in [0.5, 0.6) is 0 Å². The third kappa shape index (κ3) is 4.91. The number of likely N-dealkylation sites (N-methyl/N-ethyl adjacent to an activating group) is 1. The number of amides is 1. The minimum Gasteiger partial charge on any atom is -0.339 e. The van der Waals surface area contributed by atoms with E-state index < -0.39 is 0 Å². The fourth-order valence-electron chi connectivity index (χ4n) is 3.93. The number of halogens is 1. The van der Waals surface area contributed by atoms with E-state index >= 15 is 0 Å². The Morgan fingerprint density at radius 2 is 2.00 bits per heavy atom. The average molecular weight is 440 g/mol. The number of aromatic nitrogens is 1. The second kappa shape index (κ2) is 9.73. The van der Waals surface area contributed by atoms with Crippen LogP contribution in [0.25, 0.3) is 16.2 Å². The highest BCUT2D eigenvalue weighted by Gasteiger charge is 2.24. The molecule has 1 fully saturated rings. The summed E-state index contributed by atoms with van der Waals surface area (Å²) in [7, 11) is 1.91. The zero-order chi connectivity index (χ0) is 20.9. The summed E-state index contributed by atoms with van der Waals surface area (Å²) >= 11 is 8.10. The molecular formula is C24H26ClN3OS. The molecule has 0 bridgehead atoms. The third-order valence-corrected chi connectivity index (χ3v) is 7.46. The van der Waals surface area contributed by atoms with Crippen molar-refractivity contribution in [1.82, 2.24) is 14.8 Å². The minimum absolute atomic E-state index is 0.0375. The SMILES string of the molecule is CN(C(=O)C=Cc1sc2ccccc2c1Cl)C1CCN(CCc2ccccn2)CC1. The summed E-state index contributed by atoms with van der Waals surface area (Å²) < 4.78 is 1.14. The highest BCUT2D eigenvalue weighted by Crippen LogP contribution is 2.36. The molecule has 3 aromatic rings. The highest BCUT2D eigenvalue weighted by molar-refractivity contribution is 7.20. The number of likely N-dealkylation sites (tertiary alicyclic amines) is 1. The van der Waals surface area contributed by atoms with E-state index in [0.29, 0.717) is 0 Å². The summed E-state index contributed by atoms with van der Waals surface area (Å²) in [5.41, 5.74) is 1.14. The monoisotopic (exact) mass is 439 g/mol. The van der Waals surface area contributed by atoms with Gasteiger partial charge >= 0.3 is 0 Å². The number of nitrogens with zero attached hydrogens (tertiary/aromatic N) is 3. The van der Waals surface area contributed by atoms with Crippen LogP contribution in [-0.4, -0.2) is 53.4 Å². The van der Waals surface area contributed by atoms with Crippen LogP contribution >= 0.6 is 22.9 Å². The molecule has 0 saturated carbocycles. The van der Waals surface area contributed by atoms with Gasteiger partial charge in [-0.05, 0) is 37.1 Å². The molecule has 4 rings (SSSR count). The van der Waals surface area contributed by atoms with E-state index in [4.69, 9.17) is 11.6 Å². The standard InChI is InChI=1S/C24H26ClN3OS/c1-27(19-12-16-28(17-13-19)15-11-18-6-4-5-14-26-18)23(29)10-9-22-24(25)20-7-2-3-8-21(20)30-22/h2-10,14,19H,11-13,15-17H2,1H3. The zero-order valence-corrected chi connectivity index (χ0v) is 18.7. The molecule has 1 aliphatic heterocycles. The lowest BCUT2D eigenvalue weighted by molar-refractivity contribution is -0.127. The Labute approximate surface area is 186 Å². The van der Waals surface area contributed by atoms with E-state index in [1.165, 1.54) is 0 Å². The van der Waals surface area contributed by atoms with Gasteiger partial charge in [-0.2, -0.15) is 0 Å². The maximum absolute atomic E-state index is 12.7. The van der Waals surface area contributed by atoms with Crippen LogP contribution in [0.1, 0.15) is 23.4 Å². The first-order chi connectivity index (χ1) is 14.6. The molecule has 3 heterocycles. The molecule has 156 valence electrons. The quantitative estimate of drug-likeness (QED) is 0.499. The summed E-state index contributed by atoms with van der Waals surface area (Å²) in [6.07, 6.45) is 8.34. The number of rotatable bonds is 6. The van der Waals surface area contributed by atoms with E-state index in [1.807, 2.05) is 54.6 Å². The predicted molar refractivity (Wildman–Crippen MR) is 126 cm³/mol. The van der Waals surface area contributed by atoms with Gasteiger partial charge in [0.05, 0.1) is 5.02 Å². The number of pyridine rings is 1. The average Bonchev–Trinajstić information content (AvgIpc) is 3.12. The topological polar surface area (TPSA) is 36.4 Å². The van der Waals surface area contributed by atoms with Crippen LogP contribution in [-0.2, 0) is 11.2 Å². The van der Waals surface area contributed by atoms with Crippen molar-refractivity contribution in [3.8, 4) is 0 Å². The van der Waals surface area contributed by atoms with Crippen molar-refractivity contribution >= 4 is 45.0 Å². The van der Waals surface area contributed by atoms with Crippen molar-refractivity contribution < 1.29 is 4.79 Å².